The molecule has 102 valence electrons. The van der Waals surface area contributed by atoms with E-state index in [1.165, 1.54) is 37.1 Å². The zero-order valence-corrected chi connectivity index (χ0v) is 12.3. The maximum absolute atomic E-state index is 8.90. The molecule has 1 fully saturated rings. The number of aryl methyl sites for hydroxylation is 1. The van der Waals surface area contributed by atoms with Gasteiger partial charge in [0.05, 0.1) is 11.6 Å². The molecule has 1 aliphatic heterocycles. The van der Waals surface area contributed by atoms with Gasteiger partial charge in [0.15, 0.2) is 0 Å². The summed E-state index contributed by atoms with van der Waals surface area (Å²) in [7, 11) is 0. The average molecular weight is 256 g/mol. The van der Waals surface area contributed by atoms with Gasteiger partial charge in [0.2, 0.25) is 0 Å². The molecule has 0 unspecified atom stereocenters. The summed E-state index contributed by atoms with van der Waals surface area (Å²) in [4.78, 5) is 2.55. The Morgan fingerprint density at radius 2 is 2.00 bits per heavy atom. The van der Waals surface area contributed by atoms with E-state index in [2.05, 4.69) is 37.8 Å². The van der Waals surface area contributed by atoms with Crippen molar-refractivity contribution in [1.29, 1.82) is 5.26 Å². The largest absolute Gasteiger partial charge is 0.299 e. The highest BCUT2D eigenvalue weighted by Crippen LogP contribution is 2.25. The van der Waals surface area contributed by atoms with Gasteiger partial charge in [0.1, 0.15) is 0 Å². The number of hydrogen-bond donors (Lipinski definition) is 0. The first-order chi connectivity index (χ1) is 9.10. The number of rotatable bonds is 3. The molecular weight excluding hydrogens is 232 g/mol. The van der Waals surface area contributed by atoms with Gasteiger partial charge in [-0.15, -0.1) is 0 Å². The summed E-state index contributed by atoms with van der Waals surface area (Å²) in [6.45, 7) is 10.2. The molecule has 1 aliphatic rings. The van der Waals surface area contributed by atoms with Gasteiger partial charge < -0.3 is 0 Å². The van der Waals surface area contributed by atoms with Gasteiger partial charge in [-0.25, -0.2) is 0 Å². The molecule has 0 spiro atoms. The van der Waals surface area contributed by atoms with Crippen molar-refractivity contribution in [2.45, 2.75) is 40.2 Å². The minimum atomic E-state index is 0.764. The van der Waals surface area contributed by atoms with E-state index in [0.717, 1.165) is 23.9 Å². The molecule has 2 nitrogen and oxygen atoms in total. The zero-order valence-electron chi connectivity index (χ0n) is 12.3. The number of nitrogens with zero attached hydrogens (tertiary/aromatic N) is 2. The molecule has 2 rings (SSSR count). The average Bonchev–Trinajstić information content (AvgIpc) is 2.41. The third kappa shape index (κ3) is 3.58. The third-order valence-corrected chi connectivity index (χ3v) is 4.44. The predicted octanol–water partition coefficient (Wildman–Crippen LogP) is 3.73. The molecule has 0 N–H and O–H groups in total. The highest BCUT2D eigenvalue weighted by Gasteiger charge is 2.21. The normalized spacial score (nSPS) is 17.6. The summed E-state index contributed by atoms with van der Waals surface area (Å²) < 4.78 is 0. The molecule has 1 aromatic rings. The van der Waals surface area contributed by atoms with Crippen molar-refractivity contribution < 1.29 is 0 Å². The monoisotopic (exact) mass is 256 g/mol. The molecule has 1 heterocycles. The second-order valence-corrected chi connectivity index (χ2v) is 6.11. The Balaban J connectivity index is 1.94. The van der Waals surface area contributed by atoms with E-state index in [-0.39, 0.29) is 0 Å². The maximum Gasteiger partial charge on any atom is 0.0991 e. The van der Waals surface area contributed by atoms with E-state index in [4.69, 9.17) is 5.26 Å². The maximum atomic E-state index is 8.90. The zero-order chi connectivity index (χ0) is 13.8. The molecule has 0 bridgehead atoms. The van der Waals surface area contributed by atoms with Crippen LogP contribution in [0.25, 0.3) is 0 Å². The van der Waals surface area contributed by atoms with E-state index in [0.29, 0.717) is 0 Å². The molecular formula is C17H24N2. The molecule has 0 amide bonds. The predicted molar refractivity (Wildman–Crippen MR) is 78.7 cm³/mol. The Labute approximate surface area is 117 Å². The first-order valence-electron chi connectivity index (χ1n) is 7.32. The van der Waals surface area contributed by atoms with E-state index in [9.17, 15) is 0 Å². The molecule has 1 aromatic carbocycles. The number of nitriles is 1. The summed E-state index contributed by atoms with van der Waals surface area (Å²) in [5.74, 6) is 1.72. The first-order valence-corrected chi connectivity index (χ1v) is 7.32. The molecule has 2 heteroatoms. The molecule has 0 radical (unpaired) electrons. The van der Waals surface area contributed by atoms with Crippen LogP contribution in [0.4, 0.5) is 0 Å². The standard InChI is InChI=1S/C17H24N2/c1-13(2)16-6-8-19(9-7-16)12-17-5-4-15(11-18)10-14(17)3/h4-5,10,13,16H,6-9,12H2,1-3H3. The Hall–Kier alpha value is -1.33. The fourth-order valence-electron chi connectivity index (χ4n) is 2.96. The van der Waals surface area contributed by atoms with Crippen LogP contribution in [0, 0.1) is 30.1 Å². The van der Waals surface area contributed by atoms with Crippen molar-refractivity contribution in [1.82, 2.24) is 4.90 Å². The number of hydrogen-bond acceptors (Lipinski definition) is 2. The van der Waals surface area contributed by atoms with E-state index < -0.39 is 0 Å². The second kappa shape index (κ2) is 6.21. The molecule has 0 aliphatic carbocycles. The van der Waals surface area contributed by atoms with Crippen molar-refractivity contribution in [2.75, 3.05) is 13.1 Å². The molecule has 0 saturated carbocycles. The Bertz CT molecular complexity index is 463. The van der Waals surface area contributed by atoms with E-state index >= 15 is 0 Å². The van der Waals surface area contributed by atoms with Crippen molar-refractivity contribution in [2.24, 2.45) is 11.8 Å². The summed E-state index contributed by atoms with van der Waals surface area (Å²) in [5, 5.41) is 8.90. The van der Waals surface area contributed by atoms with Gasteiger partial charge in [0.25, 0.3) is 0 Å². The topological polar surface area (TPSA) is 27.0 Å². The molecule has 0 aromatic heterocycles. The summed E-state index contributed by atoms with van der Waals surface area (Å²) in [6, 6.07) is 8.25. The van der Waals surface area contributed by atoms with Crippen molar-refractivity contribution in [3.05, 3.63) is 34.9 Å². The van der Waals surface area contributed by atoms with Gasteiger partial charge in [-0.1, -0.05) is 19.9 Å². The van der Waals surface area contributed by atoms with Crippen LogP contribution < -0.4 is 0 Å². The van der Waals surface area contributed by atoms with E-state index in [1.807, 2.05) is 12.1 Å². The van der Waals surface area contributed by atoms with Crippen LogP contribution in [-0.4, -0.2) is 18.0 Å². The number of piperidine rings is 1. The van der Waals surface area contributed by atoms with E-state index in [1.54, 1.807) is 0 Å². The first kappa shape index (κ1) is 14.1. The van der Waals surface area contributed by atoms with Gasteiger partial charge in [-0.05, 0) is 68.0 Å². The fourth-order valence-corrected chi connectivity index (χ4v) is 2.96. The lowest BCUT2D eigenvalue weighted by Gasteiger charge is -2.34. The van der Waals surface area contributed by atoms with Gasteiger partial charge in [0, 0.05) is 6.54 Å². The lowest BCUT2D eigenvalue weighted by Crippen LogP contribution is -2.34. The minimum absolute atomic E-state index is 0.764. The lowest BCUT2D eigenvalue weighted by atomic mass is 9.86. The number of likely N-dealkylation sites (tertiary alicyclic amines) is 1. The van der Waals surface area contributed by atoms with Crippen molar-refractivity contribution in [3.63, 3.8) is 0 Å². The third-order valence-electron chi connectivity index (χ3n) is 4.44. The van der Waals surface area contributed by atoms with Crippen LogP contribution in [0.5, 0.6) is 0 Å². The van der Waals surface area contributed by atoms with Crippen LogP contribution in [0.1, 0.15) is 43.4 Å². The minimum Gasteiger partial charge on any atom is -0.299 e. The molecule has 0 atom stereocenters. The van der Waals surface area contributed by atoms with Crippen molar-refractivity contribution >= 4 is 0 Å². The summed E-state index contributed by atoms with van der Waals surface area (Å²) in [6.07, 6.45) is 2.65. The fraction of sp³-hybridized carbons (Fsp3) is 0.588. The van der Waals surface area contributed by atoms with Crippen LogP contribution in [0.15, 0.2) is 18.2 Å². The second-order valence-electron chi connectivity index (χ2n) is 6.11. The van der Waals surface area contributed by atoms with Crippen LogP contribution >= 0.6 is 0 Å². The summed E-state index contributed by atoms with van der Waals surface area (Å²) >= 11 is 0. The van der Waals surface area contributed by atoms with Gasteiger partial charge in [-0.2, -0.15) is 5.26 Å². The number of benzene rings is 1. The van der Waals surface area contributed by atoms with Crippen molar-refractivity contribution in [3.8, 4) is 6.07 Å². The van der Waals surface area contributed by atoms with Crippen LogP contribution in [0.3, 0.4) is 0 Å². The smallest absolute Gasteiger partial charge is 0.0991 e. The van der Waals surface area contributed by atoms with Crippen LogP contribution in [-0.2, 0) is 6.54 Å². The SMILES string of the molecule is Cc1cc(C#N)ccc1CN1CCC(C(C)C)CC1. The quantitative estimate of drug-likeness (QED) is 0.824. The highest BCUT2D eigenvalue weighted by atomic mass is 15.1. The highest BCUT2D eigenvalue weighted by molar-refractivity contribution is 5.37. The molecule has 1 saturated heterocycles. The molecule has 19 heavy (non-hydrogen) atoms. The van der Waals surface area contributed by atoms with Crippen LogP contribution in [0.2, 0.25) is 0 Å². The van der Waals surface area contributed by atoms with Gasteiger partial charge >= 0.3 is 0 Å². The lowest BCUT2D eigenvalue weighted by molar-refractivity contribution is 0.152. The Morgan fingerprint density at radius 3 is 2.53 bits per heavy atom. The summed E-state index contributed by atoms with van der Waals surface area (Å²) in [5.41, 5.74) is 3.37. The Morgan fingerprint density at radius 1 is 1.32 bits per heavy atom. The Kier molecular flexibility index (Phi) is 4.61. The van der Waals surface area contributed by atoms with Gasteiger partial charge in [-0.3, -0.25) is 4.90 Å².